The van der Waals surface area contributed by atoms with E-state index in [0.29, 0.717) is 13.2 Å². The Morgan fingerprint density at radius 1 is 1.18 bits per heavy atom. The fraction of sp³-hybridized carbons (Fsp3) is 0.588. The van der Waals surface area contributed by atoms with Crippen molar-refractivity contribution in [1.29, 1.82) is 0 Å². The van der Waals surface area contributed by atoms with Crippen molar-refractivity contribution in [2.24, 2.45) is 0 Å². The summed E-state index contributed by atoms with van der Waals surface area (Å²) in [6, 6.07) is 6.36. The van der Waals surface area contributed by atoms with Gasteiger partial charge in [-0.15, -0.1) is 0 Å². The van der Waals surface area contributed by atoms with Gasteiger partial charge in [-0.3, -0.25) is 0 Å². The molecule has 120 valence electrons. The molecule has 0 bridgehead atoms. The average molecular weight is 303 g/mol. The molecule has 0 atom stereocenters. The van der Waals surface area contributed by atoms with Gasteiger partial charge in [0.15, 0.2) is 0 Å². The van der Waals surface area contributed by atoms with Gasteiger partial charge in [-0.25, -0.2) is 4.79 Å². The Hall–Kier alpha value is -1.75. The van der Waals surface area contributed by atoms with E-state index in [1.165, 1.54) is 24.0 Å². The number of nitrogens with one attached hydrogen (secondary N) is 1. The number of rotatable bonds is 4. The minimum Gasteiger partial charge on any atom is -0.492 e. The predicted molar refractivity (Wildman–Crippen MR) is 86.4 cm³/mol. The van der Waals surface area contributed by atoms with E-state index in [4.69, 9.17) is 4.74 Å². The maximum absolute atomic E-state index is 12.0. The molecule has 2 aliphatic rings. The Labute approximate surface area is 132 Å². The van der Waals surface area contributed by atoms with Gasteiger partial charge in [-0.05, 0) is 49.6 Å². The molecule has 0 saturated carbocycles. The van der Waals surface area contributed by atoms with Crippen LogP contribution in [0, 0.1) is 0 Å². The van der Waals surface area contributed by atoms with Crippen LogP contribution in [0.15, 0.2) is 18.2 Å². The van der Waals surface area contributed by atoms with Crippen LogP contribution in [-0.4, -0.2) is 62.2 Å². The molecule has 22 heavy (non-hydrogen) atoms. The number of piperazine rings is 1. The molecule has 0 spiro atoms. The van der Waals surface area contributed by atoms with Gasteiger partial charge in [0, 0.05) is 26.2 Å². The first-order chi connectivity index (χ1) is 10.7. The second-order valence-electron chi connectivity index (χ2n) is 6.15. The van der Waals surface area contributed by atoms with Gasteiger partial charge in [0.25, 0.3) is 0 Å². The lowest BCUT2D eigenvalue weighted by Crippen LogP contribution is -2.51. The zero-order valence-electron chi connectivity index (χ0n) is 13.3. The summed E-state index contributed by atoms with van der Waals surface area (Å²) in [6.07, 6.45) is 3.60. The largest absolute Gasteiger partial charge is 0.492 e. The number of fused-ring (bicyclic) bond motifs is 1. The van der Waals surface area contributed by atoms with Crippen molar-refractivity contribution in [3.05, 3.63) is 29.3 Å². The summed E-state index contributed by atoms with van der Waals surface area (Å²) in [7, 11) is 2.08. The molecular weight excluding hydrogens is 278 g/mol. The van der Waals surface area contributed by atoms with E-state index >= 15 is 0 Å². The molecule has 2 amide bonds. The molecule has 1 fully saturated rings. The van der Waals surface area contributed by atoms with Gasteiger partial charge in [-0.2, -0.15) is 0 Å². The molecule has 1 heterocycles. The minimum atomic E-state index is 0.0191. The van der Waals surface area contributed by atoms with Gasteiger partial charge < -0.3 is 19.9 Å². The number of nitrogens with zero attached hydrogens (tertiary/aromatic N) is 2. The maximum atomic E-state index is 12.0. The molecule has 1 aliphatic heterocycles. The van der Waals surface area contributed by atoms with Crippen LogP contribution in [0.25, 0.3) is 0 Å². The summed E-state index contributed by atoms with van der Waals surface area (Å²) in [5.74, 6) is 0.912. The van der Waals surface area contributed by atoms with Crippen molar-refractivity contribution in [3.8, 4) is 5.75 Å². The number of amides is 2. The highest BCUT2D eigenvalue weighted by Crippen LogP contribution is 2.25. The lowest BCUT2D eigenvalue weighted by atomic mass is 10.1. The fourth-order valence-corrected chi connectivity index (χ4v) is 3.09. The first-order valence-corrected chi connectivity index (χ1v) is 8.18. The van der Waals surface area contributed by atoms with E-state index < -0.39 is 0 Å². The highest BCUT2D eigenvalue weighted by atomic mass is 16.5. The first-order valence-electron chi connectivity index (χ1n) is 8.18. The highest BCUT2D eigenvalue weighted by molar-refractivity contribution is 5.74. The van der Waals surface area contributed by atoms with Crippen LogP contribution in [0.1, 0.15) is 17.5 Å². The molecule has 1 aromatic rings. The number of carbonyl (C=O) groups is 1. The molecule has 1 saturated heterocycles. The van der Waals surface area contributed by atoms with Gasteiger partial charge >= 0.3 is 6.03 Å². The number of carbonyl (C=O) groups excluding carboxylic acids is 1. The molecule has 1 aliphatic carbocycles. The second kappa shape index (κ2) is 7.01. The lowest BCUT2D eigenvalue weighted by molar-refractivity contribution is 0.153. The summed E-state index contributed by atoms with van der Waals surface area (Å²) in [5, 5.41) is 2.93. The van der Waals surface area contributed by atoms with Crippen LogP contribution >= 0.6 is 0 Å². The van der Waals surface area contributed by atoms with Crippen LogP contribution in [0.5, 0.6) is 5.75 Å². The molecule has 0 aromatic heterocycles. The molecule has 5 nitrogen and oxygen atoms in total. The van der Waals surface area contributed by atoms with E-state index in [1.54, 1.807) is 0 Å². The van der Waals surface area contributed by atoms with Crippen molar-refractivity contribution in [2.75, 3.05) is 46.4 Å². The van der Waals surface area contributed by atoms with Crippen LogP contribution in [0.2, 0.25) is 0 Å². The smallest absolute Gasteiger partial charge is 0.317 e. The molecule has 3 rings (SSSR count). The number of hydrogen-bond acceptors (Lipinski definition) is 3. The van der Waals surface area contributed by atoms with Crippen molar-refractivity contribution >= 4 is 6.03 Å². The highest BCUT2D eigenvalue weighted by Gasteiger charge is 2.18. The summed E-state index contributed by atoms with van der Waals surface area (Å²) in [5.41, 5.74) is 2.87. The summed E-state index contributed by atoms with van der Waals surface area (Å²) < 4.78 is 5.74. The van der Waals surface area contributed by atoms with Crippen molar-refractivity contribution in [2.45, 2.75) is 19.3 Å². The number of aryl methyl sites for hydroxylation is 2. The Kier molecular flexibility index (Phi) is 4.83. The van der Waals surface area contributed by atoms with Crippen LogP contribution in [0.4, 0.5) is 4.79 Å². The minimum absolute atomic E-state index is 0.0191. The van der Waals surface area contributed by atoms with Crippen LogP contribution in [-0.2, 0) is 12.8 Å². The Morgan fingerprint density at radius 2 is 1.95 bits per heavy atom. The van der Waals surface area contributed by atoms with Gasteiger partial charge in [0.05, 0.1) is 6.54 Å². The quantitative estimate of drug-likeness (QED) is 0.858. The summed E-state index contributed by atoms with van der Waals surface area (Å²) in [6.45, 7) is 4.54. The SMILES string of the molecule is CN1CCN(C(=O)NCCOc2ccc3c(c2)CCC3)CC1. The Morgan fingerprint density at radius 3 is 2.77 bits per heavy atom. The summed E-state index contributed by atoms with van der Waals surface area (Å²) in [4.78, 5) is 16.1. The predicted octanol–water partition coefficient (Wildman–Crippen LogP) is 1.51. The van der Waals surface area contributed by atoms with Gasteiger partial charge in [0.2, 0.25) is 0 Å². The lowest BCUT2D eigenvalue weighted by Gasteiger charge is -2.32. The fourth-order valence-electron chi connectivity index (χ4n) is 3.09. The Bertz CT molecular complexity index is 525. The average Bonchev–Trinajstić information content (AvgIpc) is 2.99. The third-order valence-electron chi connectivity index (χ3n) is 4.51. The molecule has 0 unspecified atom stereocenters. The van der Waals surface area contributed by atoms with Crippen molar-refractivity contribution in [3.63, 3.8) is 0 Å². The van der Waals surface area contributed by atoms with E-state index in [2.05, 4.69) is 29.4 Å². The van der Waals surface area contributed by atoms with Crippen molar-refractivity contribution in [1.82, 2.24) is 15.1 Å². The van der Waals surface area contributed by atoms with E-state index in [0.717, 1.165) is 38.3 Å². The topological polar surface area (TPSA) is 44.8 Å². The monoisotopic (exact) mass is 303 g/mol. The molecule has 1 N–H and O–H groups in total. The summed E-state index contributed by atoms with van der Waals surface area (Å²) >= 11 is 0. The zero-order valence-corrected chi connectivity index (χ0v) is 13.3. The standard InChI is InChI=1S/C17H25N3O2/c1-19-8-10-20(11-9-19)17(21)18-7-12-22-16-6-5-14-3-2-4-15(14)13-16/h5-6,13H,2-4,7-12H2,1H3,(H,18,21). The van der Waals surface area contributed by atoms with Crippen LogP contribution < -0.4 is 10.1 Å². The van der Waals surface area contributed by atoms with Gasteiger partial charge in [-0.1, -0.05) is 6.07 Å². The van der Waals surface area contributed by atoms with Crippen molar-refractivity contribution < 1.29 is 9.53 Å². The zero-order chi connectivity index (χ0) is 15.4. The number of benzene rings is 1. The van der Waals surface area contributed by atoms with E-state index in [-0.39, 0.29) is 6.03 Å². The normalized spacial score (nSPS) is 18.1. The van der Waals surface area contributed by atoms with Crippen LogP contribution in [0.3, 0.4) is 0 Å². The number of likely N-dealkylation sites (N-methyl/N-ethyl adjacent to an activating group) is 1. The molecule has 0 radical (unpaired) electrons. The van der Waals surface area contributed by atoms with Gasteiger partial charge in [0.1, 0.15) is 12.4 Å². The van der Waals surface area contributed by atoms with E-state index in [9.17, 15) is 4.79 Å². The number of hydrogen-bond donors (Lipinski definition) is 1. The molecular formula is C17H25N3O2. The first kappa shape index (κ1) is 15.2. The molecule has 5 heteroatoms. The number of ether oxygens (including phenoxy) is 1. The maximum Gasteiger partial charge on any atom is 0.317 e. The number of urea groups is 1. The second-order valence-corrected chi connectivity index (χ2v) is 6.15. The third-order valence-corrected chi connectivity index (χ3v) is 4.51. The molecule has 1 aromatic carbocycles. The third kappa shape index (κ3) is 3.71. The van der Waals surface area contributed by atoms with E-state index in [1.807, 2.05) is 11.0 Å². The Balaban J connectivity index is 1.37.